The maximum atomic E-state index is 13.3. The van der Waals surface area contributed by atoms with Crippen LogP contribution < -0.4 is 10.2 Å². The Balaban J connectivity index is 1.95. The molecule has 0 saturated heterocycles. The molecule has 4 heteroatoms. The number of rotatable bonds is 7. The lowest BCUT2D eigenvalue weighted by atomic mass is 10.0. The fourth-order valence-corrected chi connectivity index (χ4v) is 3.71. The van der Waals surface area contributed by atoms with Crippen LogP contribution in [-0.2, 0) is 4.79 Å². The molecule has 0 spiro atoms. The van der Waals surface area contributed by atoms with Gasteiger partial charge in [0.25, 0.3) is 0 Å². The van der Waals surface area contributed by atoms with Gasteiger partial charge in [0.05, 0.1) is 0 Å². The molecule has 3 rings (SSSR count). The summed E-state index contributed by atoms with van der Waals surface area (Å²) in [7, 11) is 0. The van der Waals surface area contributed by atoms with Crippen LogP contribution in [0.1, 0.15) is 37.3 Å². The van der Waals surface area contributed by atoms with Crippen molar-refractivity contribution in [1.82, 2.24) is 5.32 Å². The Bertz CT molecular complexity index is 724. The molecular formula is C22H25ClN2O. The zero-order chi connectivity index (χ0) is 18.4. The molecule has 0 aromatic heterocycles. The molecule has 2 aromatic carbocycles. The Labute approximate surface area is 160 Å². The minimum Gasteiger partial charge on any atom is -0.352 e. The second-order valence-corrected chi connectivity index (χ2v) is 7.16. The molecule has 26 heavy (non-hydrogen) atoms. The lowest BCUT2D eigenvalue weighted by molar-refractivity contribution is -0.123. The standard InChI is InChI=1S/C22H25ClN2O/c1-2-16-25(20-10-4-3-5-11-20)21(17-12-14-18(23)15-13-17)22(26)24-19-8-6-7-9-19/h2-5,10-15,19,21H,1,6-9,16H2,(H,24,26)/t21-/m1/s1. The summed E-state index contributed by atoms with van der Waals surface area (Å²) in [4.78, 5) is 15.3. The molecule has 3 nitrogen and oxygen atoms in total. The third-order valence-corrected chi connectivity index (χ3v) is 5.11. The fourth-order valence-electron chi connectivity index (χ4n) is 3.59. The smallest absolute Gasteiger partial charge is 0.247 e. The van der Waals surface area contributed by atoms with Gasteiger partial charge in [-0.1, -0.05) is 60.9 Å². The molecule has 0 aliphatic heterocycles. The van der Waals surface area contributed by atoms with Gasteiger partial charge in [0, 0.05) is 23.3 Å². The van der Waals surface area contributed by atoms with E-state index in [-0.39, 0.29) is 11.9 Å². The number of hydrogen-bond acceptors (Lipinski definition) is 2. The summed E-state index contributed by atoms with van der Waals surface area (Å²) in [6.45, 7) is 4.46. The van der Waals surface area contributed by atoms with E-state index in [9.17, 15) is 4.79 Å². The molecule has 1 N–H and O–H groups in total. The number of carbonyl (C=O) groups is 1. The summed E-state index contributed by atoms with van der Waals surface area (Å²) in [5.41, 5.74) is 1.92. The number of hydrogen-bond donors (Lipinski definition) is 1. The first-order valence-corrected chi connectivity index (χ1v) is 9.55. The van der Waals surface area contributed by atoms with Crippen molar-refractivity contribution in [2.24, 2.45) is 0 Å². The second-order valence-electron chi connectivity index (χ2n) is 6.72. The highest BCUT2D eigenvalue weighted by Gasteiger charge is 2.29. The van der Waals surface area contributed by atoms with Crippen LogP contribution in [0.5, 0.6) is 0 Å². The zero-order valence-electron chi connectivity index (χ0n) is 14.9. The maximum Gasteiger partial charge on any atom is 0.247 e. The van der Waals surface area contributed by atoms with E-state index in [0.717, 1.165) is 24.1 Å². The molecule has 1 fully saturated rings. The summed E-state index contributed by atoms with van der Waals surface area (Å²) < 4.78 is 0. The average molecular weight is 369 g/mol. The van der Waals surface area contributed by atoms with Gasteiger partial charge in [0.1, 0.15) is 6.04 Å². The van der Waals surface area contributed by atoms with Gasteiger partial charge in [0.2, 0.25) is 5.91 Å². The number of nitrogens with zero attached hydrogens (tertiary/aromatic N) is 1. The van der Waals surface area contributed by atoms with E-state index >= 15 is 0 Å². The Hall–Kier alpha value is -2.26. The Morgan fingerprint density at radius 2 is 1.81 bits per heavy atom. The summed E-state index contributed by atoms with van der Waals surface area (Å²) in [6.07, 6.45) is 6.33. The van der Waals surface area contributed by atoms with Crippen molar-refractivity contribution >= 4 is 23.2 Å². The number of halogens is 1. The van der Waals surface area contributed by atoms with Gasteiger partial charge < -0.3 is 10.2 Å². The molecule has 0 bridgehead atoms. The van der Waals surface area contributed by atoms with Gasteiger partial charge in [-0.2, -0.15) is 0 Å². The predicted octanol–water partition coefficient (Wildman–Crippen LogP) is 5.13. The highest BCUT2D eigenvalue weighted by atomic mass is 35.5. The van der Waals surface area contributed by atoms with Crippen LogP contribution in [0.3, 0.4) is 0 Å². The highest BCUT2D eigenvalue weighted by Crippen LogP contribution is 2.29. The van der Waals surface area contributed by atoms with Crippen LogP contribution in [0, 0.1) is 0 Å². The van der Waals surface area contributed by atoms with E-state index in [2.05, 4.69) is 16.8 Å². The van der Waals surface area contributed by atoms with Gasteiger partial charge >= 0.3 is 0 Å². The molecule has 136 valence electrons. The van der Waals surface area contributed by atoms with E-state index < -0.39 is 6.04 Å². The maximum absolute atomic E-state index is 13.3. The van der Waals surface area contributed by atoms with Gasteiger partial charge in [-0.15, -0.1) is 6.58 Å². The van der Waals surface area contributed by atoms with E-state index in [4.69, 9.17) is 11.6 Å². The number of para-hydroxylation sites is 1. The van der Waals surface area contributed by atoms with E-state index in [1.165, 1.54) is 12.8 Å². The molecule has 0 unspecified atom stereocenters. The zero-order valence-corrected chi connectivity index (χ0v) is 15.7. The fraction of sp³-hybridized carbons (Fsp3) is 0.318. The van der Waals surface area contributed by atoms with Crippen molar-refractivity contribution in [3.05, 3.63) is 77.8 Å². The number of carbonyl (C=O) groups excluding carboxylic acids is 1. The summed E-state index contributed by atoms with van der Waals surface area (Å²) in [5.74, 6) is 0.0323. The number of amides is 1. The summed E-state index contributed by atoms with van der Waals surface area (Å²) >= 11 is 6.06. The quantitative estimate of drug-likeness (QED) is 0.687. The molecule has 1 amide bonds. The first-order valence-electron chi connectivity index (χ1n) is 9.17. The van der Waals surface area contributed by atoms with Crippen LogP contribution in [0.2, 0.25) is 5.02 Å². The molecule has 2 aromatic rings. The van der Waals surface area contributed by atoms with Crippen molar-refractivity contribution in [1.29, 1.82) is 0 Å². The molecular weight excluding hydrogens is 344 g/mol. The summed E-state index contributed by atoms with van der Waals surface area (Å²) in [5, 5.41) is 3.92. The predicted molar refractivity (Wildman–Crippen MR) is 109 cm³/mol. The average Bonchev–Trinajstić information content (AvgIpc) is 3.16. The van der Waals surface area contributed by atoms with E-state index in [1.807, 2.05) is 60.7 Å². The molecule has 0 heterocycles. The third-order valence-electron chi connectivity index (χ3n) is 4.86. The van der Waals surface area contributed by atoms with Crippen LogP contribution in [0.25, 0.3) is 0 Å². The van der Waals surface area contributed by atoms with E-state index in [1.54, 1.807) is 0 Å². The largest absolute Gasteiger partial charge is 0.352 e. The summed E-state index contributed by atoms with van der Waals surface area (Å²) in [6, 6.07) is 17.4. The van der Waals surface area contributed by atoms with Gasteiger partial charge in [-0.25, -0.2) is 0 Å². The minimum absolute atomic E-state index is 0.0323. The highest BCUT2D eigenvalue weighted by molar-refractivity contribution is 6.30. The topological polar surface area (TPSA) is 32.3 Å². The first-order chi connectivity index (χ1) is 12.7. The number of benzene rings is 2. The lowest BCUT2D eigenvalue weighted by Gasteiger charge is -2.33. The second kappa shape index (κ2) is 8.91. The van der Waals surface area contributed by atoms with Crippen molar-refractivity contribution in [2.45, 2.75) is 37.8 Å². The minimum atomic E-state index is -0.423. The van der Waals surface area contributed by atoms with Crippen molar-refractivity contribution < 1.29 is 4.79 Å². The SMILES string of the molecule is C=CCN(c1ccccc1)[C@@H](C(=O)NC1CCCC1)c1ccc(Cl)cc1. The van der Waals surface area contributed by atoms with Crippen LogP contribution >= 0.6 is 11.6 Å². The number of nitrogens with one attached hydrogen (secondary N) is 1. The third kappa shape index (κ3) is 4.47. The van der Waals surface area contributed by atoms with Crippen molar-refractivity contribution in [3.63, 3.8) is 0 Å². The normalized spacial score (nSPS) is 15.4. The van der Waals surface area contributed by atoms with E-state index in [0.29, 0.717) is 11.6 Å². The van der Waals surface area contributed by atoms with Crippen molar-refractivity contribution in [2.75, 3.05) is 11.4 Å². The lowest BCUT2D eigenvalue weighted by Crippen LogP contribution is -2.44. The molecule has 1 aliphatic carbocycles. The van der Waals surface area contributed by atoms with Crippen molar-refractivity contribution in [3.8, 4) is 0 Å². The molecule has 1 saturated carbocycles. The van der Waals surface area contributed by atoms with Crippen LogP contribution in [0.4, 0.5) is 5.69 Å². The Morgan fingerprint density at radius 3 is 2.42 bits per heavy atom. The monoisotopic (exact) mass is 368 g/mol. The van der Waals surface area contributed by atoms with Gasteiger partial charge in [-0.3, -0.25) is 4.79 Å². The number of anilines is 1. The Kier molecular flexibility index (Phi) is 6.35. The molecule has 1 aliphatic rings. The van der Waals surface area contributed by atoms with Gasteiger partial charge in [-0.05, 0) is 42.7 Å². The Morgan fingerprint density at radius 1 is 1.15 bits per heavy atom. The van der Waals surface area contributed by atoms with Crippen LogP contribution in [-0.4, -0.2) is 18.5 Å². The van der Waals surface area contributed by atoms with Gasteiger partial charge in [0.15, 0.2) is 0 Å². The molecule has 0 radical (unpaired) electrons. The molecule has 1 atom stereocenters. The first kappa shape index (κ1) is 18.5. The van der Waals surface area contributed by atoms with Crippen LogP contribution in [0.15, 0.2) is 67.3 Å².